The third-order valence-electron chi connectivity index (χ3n) is 2.96. The first-order valence-corrected chi connectivity index (χ1v) is 4.73. The zero-order chi connectivity index (χ0) is 9.35. The first-order valence-electron chi connectivity index (χ1n) is 4.73. The molecule has 1 nitrogen and oxygen atoms in total. The minimum atomic E-state index is -0.997. The van der Waals surface area contributed by atoms with E-state index in [0.717, 1.165) is 6.42 Å². The van der Waals surface area contributed by atoms with Crippen molar-refractivity contribution < 1.29 is 9.50 Å². The predicted molar refractivity (Wildman–Crippen MR) is 47.7 cm³/mol. The molecule has 0 bridgehead atoms. The van der Waals surface area contributed by atoms with Crippen molar-refractivity contribution in [1.82, 2.24) is 0 Å². The lowest BCUT2D eigenvalue weighted by atomic mass is 9.71. The van der Waals surface area contributed by atoms with Gasteiger partial charge in [0.25, 0.3) is 0 Å². The zero-order valence-electron chi connectivity index (χ0n) is 8.18. The molecule has 1 aliphatic rings. The van der Waals surface area contributed by atoms with Crippen LogP contribution in [0, 0.1) is 11.3 Å². The van der Waals surface area contributed by atoms with E-state index in [-0.39, 0.29) is 5.41 Å². The van der Waals surface area contributed by atoms with Gasteiger partial charge in [0.05, 0.1) is 6.10 Å². The van der Waals surface area contributed by atoms with Crippen LogP contribution < -0.4 is 0 Å². The number of rotatable bonds is 0. The SMILES string of the molecule is CC(C)(C)[C@@H]1CC[C@H](O)[C@H](F)C1. The summed E-state index contributed by atoms with van der Waals surface area (Å²) in [4.78, 5) is 0. The van der Waals surface area contributed by atoms with E-state index in [1.54, 1.807) is 0 Å². The van der Waals surface area contributed by atoms with Crippen molar-refractivity contribution in [3.63, 3.8) is 0 Å². The van der Waals surface area contributed by atoms with Crippen LogP contribution in [0.15, 0.2) is 0 Å². The molecule has 1 aliphatic carbocycles. The molecule has 0 aromatic carbocycles. The van der Waals surface area contributed by atoms with E-state index in [4.69, 9.17) is 0 Å². The van der Waals surface area contributed by atoms with Gasteiger partial charge < -0.3 is 5.11 Å². The zero-order valence-corrected chi connectivity index (χ0v) is 8.18. The number of hydrogen-bond donors (Lipinski definition) is 1. The molecule has 0 unspecified atom stereocenters. The Bertz CT molecular complexity index is 150. The molecular formula is C10H19FO. The van der Waals surface area contributed by atoms with Gasteiger partial charge in [-0.3, -0.25) is 0 Å². The van der Waals surface area contributed by atoms with Gasteiger partial charge in [-0.25, -0.2) is 4.39 Å². The molecule has 72 valence electrons. The Morgan fingerprint density at radius 1 is 1.25 bits per heavy atom. The van der Waals surface area contributed by atoms with Gasteiger partial charge in [0, 0.05) is 0 Å². The molecule has 0 heterocycles. The van der Waals surface area contributed by atoms with E-state index in [2.05, 4.69) is 20.8 Å². The summed E-state index contributed by atoms with van der Waals surface area (Å²) in [6.07, 6.45) is 0.422. The maximum Gasteiger partial charge on any atom is 0.126 e. The first-order chi connectivity index (χ1) is 5.41. The smallest absolute Gasteiger partial charge is 0.126 e. The highest BCUT2D eigenvalue weighted by molar-refractivity contribution is 4.85. The van der Waals surface area contributed by atoms with Crippen LogP contribution in [-0.4, -0.2) is 17.4 Å². The van der Waals surface area contributed by atoms with Gasteiger partial charge in [0.1, 0.15) is 6.17 Å². The maximum atomic E-state index is 13.1. The molecule has 12 heavy (non-hydrogen) atoms. The highest BCUT2D eigenvalue weighted by atomic mass is 19.1. The molecular weight excluding hydrogens is 155 g/mol. The average Bonchev–Trinajstić information content (AvgIpc) is 1.92. The van der Waals surface area contributed by atoms with Gasteiger partial charge >= 0.3 is 0 Å². The number of alkyl halides is 1. The lowest BCUT2D eigenvalue weighted by Crippen LogP contribution is -2.35. The summed E-state index contributed by atoms with van der Waals surface area (Å²) in [6.45, 7) is 6.42. The minimum Gasteiger partial charge on any atom is -0.390 e. The Hall–Kier alpha value is -0.110. The normalized spacial score (nSPS) is 38.2. The standard InChI is InChI=1S/C10H19FO/c1-10(2,3)7-4-5-9(12)8(11)6-7/h7-9,12H,4-6H2,1-3H3/t7-,8-,9+/m1/s1. The molecule has 0 aromatic heterocycles. The summed E-state index contributed by atoms with van der Waals surface area (Å²) in [5.41, 5.74) is 0.185. The molecule has 0 radical (unpaired) electrons. The minimum absolute atomic E-state index is 0.185. The Morgan fingerprint density at radius 3 is 2.25 bits per heavy atom. The number of aliphatic hydroxyl groups excluding tert-OH is 1. The van der Waals surface area contributed by atoms with Crippen molar-refractivity contribution in [2.75, 3.05) is 0 Å². The fourth-order valence-corrected chi connectivity index (χ4v) is 1.89. The summed E-state index contributed by atoms with van der Waals surface area (Å²) < 4.78 is 13.1. The summed E-state index contributed by atoms with van der Waals surface area (Å²) >= 11 is 0. The second kappa shape index (κ2) is 3.33. The summed E-state index contributed by atoms with van der Waals surface area (Å²) in [5, 5.41) is 9.19. The highest BCUT2D eigenvalue weighted by Crippen LogP contribution is 2.38. The maximum absolute atomic E-state index is 13.1. The molecule has 0 amide bonds. The van der Waals surface area contributed by atoms with Crippen molar-refractivity contribution >= 4 is 0 Å². The summed E-state index contributed by atoms with van der Waals surface area (Å²) in [6, 6.07) is 0. The Kier molecular flexibility index (Phi) is 2.77. The summed E-state index contributed by atoms with van der Waals surface area (Å²) in [5.74, 6) is 0.427. The molecule has 0 aliphatic heterocycles. The van der Waals surface area contributed by atoms with Crippen molar-refractivity contribution in [3.8, 4) is 0 Å². The first kappa shape index (κ1) is 9.97. The molecule has 0 saturated heterocycles. The molecule has 3 atom stereocenters. The summed E-state index contributed by atoms with van der Waals surface area (Å²) in [7, 11) is 0. The topological polar surface area (TPSA) is 20.2 Å². The Morgan fingerprint density at radius 2 is 1.83 bits per heavy atom. The number of aliphatic hydroxyl groups is 1. The predicted octanol–water partition coefficient (Wildman–Crippen LogP) is 2.53. The van der Waals surface area contributed by atoms with Crippen LogP contribution in [0.3, 0.4) is 0 Å². The van der Waals surface area contributed by atoms with Crippen LogP contribution in [0.1, 0.15) is 40.0 Å². The molecule has 1 rings (SSSR count). The van der Waals surface area contributed by atoms with Gasteiger partial charge in [-0.05, 0) is 30.6 Å². The molecule has 0 spiro atoms. The molecule has 0 aromatic rings. The second-order valence-corrected chi connectivity index (χ2v) is 4.96. The van der Waals surface area contributed by atoms with Crippen molar-refractivity contribution in [2.24, 2.45) is 11.3 Å². The van der Waals surface area contributed by atoms with Crippen molar-refractivity contribution in [2.45, 2.75) is 52.3 Å². The van der Waals surface area contributed by atoms with Crippen LogP contribution >= 0.6 is 0 Å². The van der Waals surface area contributed by atoms with Crippen LogP contribution in [0.5, 0.6) is 0 Å². The van der Waals surface area contributed by atoms with E-state index >= 15 is 0 Å². The number of halogens is 1. The molecule has 2 heteroatoms. The third kappa shape index (κ3) is 2.19. The van der Waals surface area contributed by atoms with Crippen LogP contribution in [0.25, 0.3) is 0 Å². The fourth-order valence-electron chi connectivity index (χ4n) is 1.89. The van der Waals surface area contributed by atoms with Gasteiger partial charge in [-0.2, -0.15) is 0 Å². The van der Waals surface area contributed by atoms with Gasteiger partial charge in [-0.1, -0.05) is 20.8 Å². The molecule has 1 fully saturated rings. The van der Waals surface area contributed by atoms with Crippen molar-refractivity contribution in [3.05, 3.63) is 0 Å². The van der Waals surface area contributed by atoms with Crippen LogP contribution in [0.2, 0.25) is 0 Å². The second-order valence-electron chi connectivity index (χ2n) is 4.96. The molecule has 1 saturated carbocycles. The fraction of sp³-hybridized carbons (Fsp3) is 1.00. The molecule has 1 N–H and O–H groups in total. The highest BCUT2D eigenvalue weighted by Gasteiger charge is 2.34. The Balaban J connectivity index is 2.51. The van der Waals surface area contributed by atoms with E-state index in [0.29, 0.717) is 18.8 Å². The monoisotopic (exact) mass is 174 g/mol. The lowest BCUT2D eigenvalue weighted by molar-refractivity contribution is 0.000313. The Labute approximate surface area is 74.0 Å². The van der Waals surface area contributed by atoms with Gasteiger partial charge in [0.2, 0.25) is 0 Å². The van der Waals surface area contributed by atoms with E-state index in [1.165, 1.54) is 0 Å². The lowest BCUT2D eigenvalue weighted by Gasteiger charge is -2.37. The third-order valence-corrected chi connectivity index (χ3v) is 2.96. The number of hydrogen-bond acceptors (Lipinski definition) is 1. The quantitative estimate of drug-likeness (QED) is 0.598. The van der Waals surface area contributed by atoms with E-state index < -0.39 is 12.3 Å². The van der Waals surface area contributed by atoms with Gasteiger partial charge in [0.15, 0.2) is 0 Å². The van der Waals surface area contributed by atoms with E-state index in [9.17, 15) is 9.50 Å². The van der Waals surface area contributed by atoms with E-state index in [1.807, 2.05) is 0 Å². The van der Waals surface area contributed by atoms with Crippen LogP contribution in [-0.2, 0) is 0 Å². The van der Waals surface area contributed by atoms with Gasteiger partial charge in [-0.15, -0.1) is 0 Å². The van der Waals surface area contributed by atoms with Crippen molar-refractivity contribution in [1.29, 1.82) is 0 Å². The van der Waals surface area contributed by atoms with Crippen LogP contribution in [0.4, 0.5) is 4.39 Å². The average molecular weight is 174 g/mol. The largest absolute Gasteiger partial charge is 0.390 e.